The van der Waals surface area contributed by atoms with Crippen LogP contribution in [0.5, 0.6) is 0 Å². The van der Waals surface area contributed by atoms with Crippen molar-refractivity contribution in [1.29, 1.82) is 0 Å². The fourth-order valence-electron chi connectivity index (χ4n) is 7.06. The fourth-order valence-corrected chi connectivity index (χ4v) is 8.28. The van der Waals surface area contributed by atoms with Gasteiger partial charge in [0.15, 0.2) is 5.82 Å². The molecule has 0 amide bonds. The van der Waals surface area contributed by atoms with Gasteiger partial charge in [-0.3, -0.25) is 4.98 Å². The SMILES string of the molecule is c1ccc(-c2nc(-c3ccc(-c4cncc5ccccc45)cc3)cc(-c3ccc(-c4c5ccccc5nc5c4sc4ccccc45)cc3)n2)cc1. The summed E-state index contributed by atoms with van der Waals surface area (Å²) in [5, 5.41) is 4.67. The van der Waals surface area contributed by atoms with Crippen molar-refractivity contribution in [2.24, 2.45) is 0 Å². The lowest BCUT2D eigenvalue weighted by Crippen LogP contribution is -1.96. The van der Waals surface area contributed by atoms with E-state index in [1.54, 1.807) is 0 Å². The van der Waals surface area contributed by atoms with Crippen molar-refractivity contribution >= 4 is 53.3 Å². The lowest BCUT2D eigenvalue weighted by molar-refractivity contribution is 1.18. The van der Waals surface area contributed by atoms with Crippen molar-refractivity contribution < 1.29 is 0 Å². The van der Waals surface area contributed by atoms with E-state index >= 15 is 0 Å². The van der Waals surface area contributed by atoms with Crippen LogP contribution in [0, 0.1) is 0 Å². The first-order valence-electron chi connectivity index (χ1n) is 17.0. The van der Waals surface area contributed by atoms with Gasteiger partial charge in [0.1, 0.15) is 0 Å². The Kier molecular flexibility index (Phi) is 6.96. The number of benzene rings is 6. The zero-order valence-electron chi connectivity index (χ0n) is 27.4. The minimum atomic E-state index is 0.696. The molecule has 51 heavy (non-hydrogen) atoms. The summed E-state index contributed by atoms with van der Waals surface area (Å²) in [5.74, 6) is 0.696. The Morgan fingerprint density at radius 2 is 1.04 bits per heavy atom. The molecule has 4 aromatic heterocycles. The maximum absolute atomic E-state index is 5.12. The molecule has 10 rings (SSSR count). The van der Waals surface area contributed by atoms with Gasteiger partial charge in [0.25, 0.3) is 0 Å². The molecule has 0 fully saturated rings. The van der Waals surface area contributed by atoms with E-state index in [0.717, 1.165) is 66.6 Å². The lowest BCUT2D eigenvalue weighted by atomic mass is 9.97. The Morgan fingerprint density at radius 1 is 0.431 bits per heavy atom. The molecule has 0 bridgehead atoms. The number of para-hydroxylation sites is 1. The first-order valence-corrected chi connectivity index (χ1v) is 17.8. The highest BCUT2D eigenvalue weighted by Crippen LogP contribution is 2.43. The molecule has 0 saturated carbocycles. The minimum absolute atomic E-state index is 0.696. The molecule has 0 radical (unpaired) electrons. The Balaban J connectivity index is 1.08. The molecule has 0 spiro atoms. The van der Waals surface area contributed by atoms with Gasteiger partial charge < -0.3 is 0 Å². The number of thiophene rings is 1. The van der Waals surface area contributed by atoms with E-state index in [9.17, 15) is 0 Å². The maximum atomic E-state index is 5.12. The van der Waals surface area contributed by atoms with Crippen LogP contribution in [-0.2, 0) is 0 Å². The van der Waals surface area contributed by atoms with E-state index in [4.69, 9.17) is 15.0 Å². The third kappa shape index (κ3) is 5.14. The van der Waals surface area contributed by atoms with E-state index in [1.165, 1.54) is 25.7 Å². The number of fused-ring (bicyclic) bond motifs is 5. The second-order valence-electron chi connectivity index (χ2n) is 12.7. The van der Waals surface area contributed by atoms with Gasteiger partial charge >= 0.3 is 0 Å². The highest BCUT2D eigenvalue weighted by atomic mass is 32.1. The molecule has 0 aliphatic carbocycles. The molecule has 4 nitrogen and oxygen atoms in total. The van der Waals surface area contributed by atoms with Crippen LogP contribution in [0.3, 0.4) is 0 Å². The second-order valence-corrected chi connectivity index (χ2v) is 13.7. The summed E-state index contributed by atoms with van der Waals surface area (Å²) in [7, 11) is 0. The predicted molar refractivity (Wildman–Crippen MR) is 213 cm³/mol. The quantitative estimate of drug-likeness (QED) is 0.183. The van der Waals surface area contributed by atoms with Gasteiger partial charge in [-0.1, -0.05) is 140 Å². The molecule has 6 aromatic carbocycles. The molecule has 5 heteroatoms. The van der Waals surface area contributed by atoms with E-state index in [1.807, 2.05) is 48.0 Å². The smallest absolute Gasteiger partial charge is 0.160 e. The topological polar surface area (TPSA) is 51.6 Å². The van der Waals surface area contributed by atoms with E-state index in [0.29, 0.717) is 5.82 Å². The molecule has 0 aliphatic heterocycles. The summed E-state index contributed by atoms with van der Waals surface area (Å²) >= 11 is 1.81. The summed E-state index contributed by atoms with van der Waals surface area (Å²) in [6, 6.07) is 55.1. The van der Waals surface area contributed by atoms with Gasteiger partial charge in [0.2, 0.25) is 0 Å². The Bertz CT molecular complexity index is 2890. The number of hydrogen-bond donors (Lipinski definition) is 0. The van der Waals surface area contributed by atoms with Crippen LogP contribution in [-0.4, -0.2) is 19.9 Å². The molecular formula is C46H28N4S. The van der Waals surface area contributed by atoms with E-state index < -0.39 is 0 Å². The van der Waals surface area contributed by atoms with Crippen molar-refractivity contribution in [2.75, 3.05) is 0 Å². The molecule has 0 N–H and O–H groups in total. The maximum Gasteiger partial charge on any atom is 0.160 e. The van der Waals surface area contributed by atoms with Crippen LogP contribution in [0.15, 0.2) is 170 Å². The Morgan fingerprint density at radius 3 is 1.80 bits per heavy atom. The van der Waals surface area contributed by atoms with Gasteiger partial charge in [-0.2, -0.15) is 0 Å². The molecule has 0 atom stereocenters. The Hall–Kier alpha value is -6.56. The summed E-state index contributed by atoms with van der Waals surface area (Å²) in [4.78, 5) is 19.8. The van der Waals surface area contributed by atoms with Gasteiger partial charge in [-0.15, -0.1) is 11.3 Å². The molecule has 0 saturated heterocycles. The standard InChI is InChI=1S/C46H28N4S/c1-2-10-33(11-3-1)46-49-40(30-20-18-29(19-21-30)38-28-47-27-34-12-4-5-13-35(34)38)26-41(50-46)31-22-24-32(25-23-31)43-36-14-6-8-16-39(36)48-44-37-15-7-9-17-42(37)51-45(43)44/h1-28H. The monoisotopic (exact) mass is 668 g/mol. The zero-order valence-corrected chi connectivity index (χ0v) is 28.2. The third-order valence-corrected chi connectivity index (χ3v) is 10.8. The predicted octanol–water partition coefficient (Wildman–Crippen LogP) is 12.3. The van der Waals surface area contributed by atoms with E-state index in [-0.39, 0.29) is 0 Å². The molecule has 0 unspecified atom stereocenters. The van der Waals surface area contributed by atoms with Crippen molar-refractivity contribution in [3.05, 3.63) is 170 Å². The van der Waals surface area contributed by atoms with Crippen LogP contribution in [0.4, 0.5) is 0 Å². The average molecular weight is 669 g/mol. The first-order chi connectivity index (χ1) is 25.3. The number of nitrogens with zero attached hydrogens (tertiary/aromatic N) is 4. The highest BCUT2D eigenvalue weighted by Gasteiger charge is 2.17. The Labute approximate surface area is 298 Å². The van der Waals surface area contributed by atoms with Crippen LogP contribution >= 0.6 is 11.3 Å². The number of rotatable bonds is 5. The molecular weight excluding hydrogens is 641 g/mol. The minimum Gasteiger partial charge on any atom is -0.263 e. The van der Waals surface area contributed by atoms with Crippen molar-refractivity contribution in [2.45, 2.75) is 0 Å². The van der Waals surface area contributed by atoms with Crippen molar-refractivity contribution in [3.8, 4) is 56.2 Å². The van der Waals surface area contributed by atoms with Gasteiger partial charge in [0.05, 0.1) is 27.1 Å². The second kappa shape index (κ2) is 12.1. The van der Waals surface area contributed by atoms with Gasteiger partial charge in [-0.05, 0) is 34.7 Å². The van der Waals surface area contributed by atoms with Gasteiger partial charge in [-0.25, -0.2) is 15.0 Å². The summed E-state index contributed by atoms with van der Waals surface area (Å²) < 4.78 is 2.46. The van der Waals surface area contributed by atoms with Crippen molar-refractivity contribution in [1.82, 2.24) is 19.9 Å². The third-order valence-electron chi connectivity index (χ3n) is 9.59. The van der Waals surface area contributed by atoms with Crippen molar-refractivity contribution in [3.63, 3.8) is 0 Å². The number of aromatic nitrogens is 4. The lowest BCUT2D eigenvalue weighted by Gasteiger charge is -2.12. The van der Waals surface area contributed by atoms with Crippen LogP contribution in [0.2, 0.25) is 0 Å². The summed E-state index contributed by atoms with van der Waals surface area (Å²) in [6.07, 6.45) is 3.86. The first kappa shape index (κ1) is 29.4. The number of hydrogen-bond acceptors (Lipinski definition) is 5. The average Bonchev–Trinajstić information content (AvgIpc) is 3.58. The molecule has 238 valence electrons. The fraction of sp³-hybridized carbons (Fsp3) is 0. The van der Waals surface area contributed by atoms with Crippen LogP contribution in [0.25, 0.3) is 98.1 Å². The van der Waals surface area contributed by atoms with Gasteiger partial charge in [0, 0.05) is 61.1 Å². The zero-order chi connectivity index (χ0) is 33.7. The summed E-state index contributed by atoms with van der Waals surface area (Å²) in [6.45, 7) is 0. The summed E-state index contributed by atoms with van der Waals surface area (Å²) in [5.41, 5.74) is 11.5. The van der Waals surface area contributed by atoms with Crippen LogP contribution < -0.4 is 0 Å². The highest BCUT2D eigenvalue weighted by molar-refractivity contribution is 7.26. The molecule has 4 heterocycles. The largest absolute Gasteiger partial charge is 0.263 e. The molecule has 0 aliphatic rings. The number of pyridine rings is 2. The van der Waals surface area contributed by atoms with E-state index in [2.05, 4.69) is 138 Å². The molecule has 10 aromatic rings. The normalized spacial score (nSPS) is 11.5. The van der Waals surface area contributed by atoms with Crippen LogP contribution in [0.1, 0.15) is 0 Å².